The van der Waals surface area contributed by atoms with Crippen LogP contribution in [-0.4, -0.2) is 35.2 Å². The lowest BCUT2D eigenvalue weighted by atomic mass is 9.73. The largest absolute Gasteiger partial charge is 0.381 e. The second kappa shape index (κ2) is 7.92. The van der Waals surface area contributed by atoms with Gasteiger partial charge in [0.1, 0.15) is 5.65 Å². The molecule has 4 rings (SSSR count). The van der Waals surface area contributed by atoms with Crippen molar-refractivity contribution < 1.29 is 9.53 Å². The molecule has 0 radical (unpaired) electrons. The van der Waals surface area contributed by atoms with Crippen LogP contribution in [0.25, 0.3) is 11.0 Å². The first kappa shape index (κ1) is 17.7. The van der Waals surface area contributed by atoms with Gasteiger partial charge >= 0.3 is 0 Å². The van der Waals surface area contributed by atoms with Gasteiger partial charge in [0, 0.05) is 44.1 Å². The zero-order valence-electron chi connectivity index (χ0n) is 15.4. The third kappa shape index (κ3) is 3.60. The number of nitrogens with one attached hydrogen (secondary N) is 1. The number of hydrogen-bond donors (Lipinski definition) is 1. The molecule has 3 aromatic rings. The molecule has 1 aliphatic heterocycles. The van der Waals surface area contributed by atoms with E-state index < -0.39 is 5.41 Å². The molecule has 140 valence electrons. The van der Waals surface area contributed by atoms with Crippen molar-refractivity contribution in [1.29, 1.82) is 0 Å². The Hall–Kier alpha value is -2.66. The molecule has 0 unspecified atom stereocenters. The van der Waals surface area contributed by atoms with E-state index in [0.29, 0.717) is 19.8 Å². The predicted molar refractivity (Wildman–Crippen MR) is 106 cm³/mol. The quantitative estimate of drug-likeness (QED) is 0.684. The number of amides is 1. The topological polar surface area (TPSA) is 56.2 Å². The fourth-order valence-electron chi connectivity index (χ4n) is 3.95. The summed E-state index contributed by atoms with van der Waals surface area (Å²) in [5, 5.41) is 4.32. The van der Waals surface area contributed by atoms with Gasteiger partial charge in [-0.2, -0.15) is 0 Å². The van der Waals surface area contributed by atoms with Crippen molar-refractivity contribution in [1.82, 2.24) is 14.9 Å². The standard InChI is InChI=1S/C22H25N3O2/c26-21(22(10-16-27-17-11-22)19-7-2-1-3-8-19)24-13-5-14-25-15-9-18-6-4-12-23-20(18)25/h1-4,6-9,12,15H,5,10-11,13-14,16-17H2,(H,24,26). The molecule has 3 heterocycles. The van der Waals surface area contributed by atoms with E-state index in [0.717, 1.165) is 42.4 Å². The molecule has 1 aliphatic rings. The number of ether oxygens (including phenoxy) is 1. The van der Waals surface area contributed by atoms with Crippen LogP contribution in [0.4, 0.5) is 0 Å². The molecule has 5 nitrogen and oxygen atoms in total. The highest BCUT2D eigenvalue weighted by Crippen LogP contribution is 2.35. The number of rotatable bonds is 6. The van der Waals surface area contributed by atoms with E-state index in [4.69, 9.17) is 4.74 Å². The van der Waals surface area contributed by atoms with Crippen LogP contribution in [0.2, 0.25) is 0 Å². The fourth-order valence-corrected chi connectivity index (χ4v) is 3.95. The van der Waals surface area contributed by atoms with E-state index in [9.17, 15) is 4.79 Å². The molecule has 0 aliphatic carbocycles. The van der Waals surface area contributed by atoms with Crippen LogP contribution < -0.4 is 5.32 Å². The summed E-state index contributed by atoms with van der Waals surface area (Å²) in [4.78, 5) is 17.5. The molecule has 1 N–H and O–H groups in total. The summed E-state index contributed by atoms with van der Waals surface area (Å²) in [5.74, 6) is 0.118. The van der Waals surface area contributed by atoms with Crippen molar-refractivity contribution in [2.45, 2.75) is 31.2 Å². The second-order valence-corrected chi connectivity index (χ2v) is 7.10. The first-order valence-corrected chi connectivity index (χ1v) is 9.61. The second-order valence-electron chi connectivity index (χ2n) is 7.10. The van der Waals surface area contributed by atoms with Gasteiger partial charge in [-0.1, -0.05) is 30.3 Å². The molecule has 1 aromatic carbocycles. The molecule has 2 aromatic heterocycles. The maximum absolute atomic E-state index is 13.1. The van der Waals surface area contributed by atoms with Gasteiger partial charge in [-0.3, -0.25) is 4.79 Å². The van der Waals surface area contributed by atoms with Crippen molar-refractivity contribution in [2.24, 2.45) is 0 Å². The van der Waals surface area contributed by atoms with Crippen molar-refractivity contribution in [3.8, 4) is 0 Å². The van der Waals surface area contributed by atoms with Crippen LogP contribution in [0.5, 0.6) is 0 Å². The molecule has 0 spiro atoms. The molecule has 1 saturated heterocycles. The van der Waals surface area contributed by atoms with Crippen molar-refractivity contribution in [3.63, 3.8) is 0 Å². The highest BCUT2D eigenvalue weighted by Gasteiger charge is 2.41. The fraction of sp³-hybridized carbons (Fsp3) is 0.364. The zero-order valence-corrected chi connectivity index (χ0v) is 15.4. The maximum Gasteiger partial charge on any atom is 0.230 e. The average molecular weight is 363 g/mol. The van der Waals surface area contributed by atoms with Gasteiger partial charge in [-0.25, -0.2) is 4.98 Å². The van der Waals surface area contributed by atoms with Crippen LogP contribution in [0, 0.1) is 0 Å². The van der Waals surface area contributed by atoms with E-state index >= 15 is 0 Å². The predicted octanol–water partition coefficient (Wildman–Crippen LogP) is 3.29. The maximum atomic E-state index is 13.1. The van der Waals surface area contributed by atoms with Gasteiger partial charge in [0.2, 0.25) is 5.91 Å². The zero-order chi connectivity index (χ0) is 18.5. The lowest BCUT2D eigenvalue weighted by molar-refractivity contribution is -0.130. The number of carbonyl (C=O) groups is 1. The Kier molecular flexibility index (Phi) is 5.21. The summed E-state index contributed by atoms with van der Waals surface area (Å²) in [5.41, 5.74) is 1.61. The monoisotopic (exact) mass is 363 g/mol. The van der Waals surface area contributed by atoms with Gasteiger partial charge in [0.05, 0.1) is 5.41 Å². The van der Waals surface area contributed by atoms with Gasteiger partial charge in [0.25, 0.3) is 0 Å². The van der Waals surface area contributed by atoms with Crippen molar-refractivity contribution >= 4 is 16.9 Å². The smallest absolute Gasteiger partial charge is 0.230 e. The Balaban J connectivity index is 1.39. The van der Waals surface area contributed by atoms with Gasteiger partial charge in [0.15, 0.2) is 0 Å². The molecule has 0 saturated carbocycles. The number of nitrogens with zero attached hydrogens (tertiary/aromatic N) is 2. The summed E-state index contributed by atoms with van der Waals surface area (Å²) in [6.45, 7) is 2.75. The molecule has 1 fully saturated rings. The van der Waals surface area contributed by atoms with E-state index in [1.165, 1.54) is 0 Å². The Labute approximate surface area is 159 Å². The number of carbonyl (C=O) groups excluding carboxylic acids is 1. The van der Waals surface area contributed by atoms with E-state index in [1.807, 2.05) is 30.5 Å². The SMILES string of the molecule is O=C(NCCCn1ccc2cccnc21)C1(c2ccccc2)CCOCC1. The van der Waals surface area contributed by atoms with Gasteiger partial charge in [-0.05, 0) is 43.0 Å². The average Bonchev–Trinajstić information content (AvgIpc) is 3.15. The highest BCUT2D eigenvalue weighted by molar-refractivity contribution is 5.88. The molecule has 0 bridgehead atoms. The Bertz CT molecular complexity index is 898. The summed E-state index contributed by atoms with van der Waals surface area (Å²) >= 11 is 0. The van der Waals surface area contributed by atoms with Crippen LogP contribution in [0.1, 0.15) is 24.8 Å². The third-order valence-corrected chi connectivity index (χ3v) is 5.49. The minimum Gasteiger partial charge on any atom is -0.381 e. The molecule has 5 heteroatoms. The molecule has 27 heavy (non-hydrogen) atoms. The van der Waals surface area contributed by atoms with Crippen molar-refractivity contribution in [2.75, 3.05) is 19.8 Å². The van der Waals surface area contributed by atoms with Crippen molar-refractivity contribution in [3.05, 3.63) is 66.5 Å². The molecule has 0 atom stereocenters. The Morgan fingerprint density at radius 2 is 1.93 bits per heavy atom. The number of pyridine rings is 1. The lowest BCUT2D eigenvalue weighted by Crippen LogP contribution is -2.48. The van der Waals surface area contributed by atoms with E-state index in [-0.39, 0.29) is 5.91 Å². The number of aryl methyl sites for hydroxylation is 1. The number of hydrogen-bond acceptors (Lipinski definition) is 3. The van der Waals surface area contributed by atoms with Crippen LogP contribution in [0.3, 0.4) is 0 Å². The first-order chi connectivity index (χ1) is 13.3. The number of fused-ring (bicyclic) bond motifs is 1. The molecule has 1 amide bonds. The summed E-state index contributed by atoms with van der Waals surface area (Å²) in [6.07, 6.45) is 6.20. The molecular weight excluding hydrogens is 338 g/mol. The Morgan fingerprint density at radius 1 is 1.11 bits per heavy atom. The molecular formula is C22H25N3O2. The summed E-state index contributed by atoms with van der Waals surface area (Å²) in [6, 6.07) is 16.2. The van der Waals surface area contributed by atoms with E-state index in [2.05, 4.69) is 45.3 Å². The highest BCUT2D eigenvalue weighted by atomic mass is 16.5. The van der Waals surface area contributed by atoms with Gasteiger partial charge in [-0.15, -0.1) is 0 Å². The van der Waals surface area contributed by atoms with Crippen LogP contribution in [0.15, 0.2) is 60.9 Å². The Morgan fingerprint density at radius 3 is 2.74 bits per heavy atom. The normalized spacial score (nSPS) is 16.3. The first-order valence-electron chi connectivity index (χ1n) is 9.61. The van der Waals surface area contributed by atoms with Crippen LogP contribution in [-0.2, 0) is 21.5 Å². The van der Waals surface area contributed by atoms with Crippen LogP contribution >= 0.6 is 0 Å². The third-order valence-electron chi connectivity index (χ3n) is 5.49. The summed E-state index contributed by atoms with van der Waals surface area (Å²) in [7, 11) is 0. The summed E-state index contributed by atoms with van der Waals surface area (Å²) < 4.78 is 7.66. The minimum atomic E-state index is -0.471. The van der Waals surface area contributed by atoms with Gasteiger partial charge < -0.3 is 14.6 Å². The minimum absolute atomic E-state index is 0.118. The van der Waals surface area contributed by atoms with E-state index in [1.54, 1.807) is 0 Å². The lowest BCUT2D eigenvalue weighted by Gasteiger charge is -2.36. The number of aromatic nitrogens is 2. The number of benzene rings is 1.